The molecule has 0 saturated carbocycles. The van der Waals surface area contributed by atoms with Crippen molar-refractivity contribution < 1.29 is 9.59 Å². The molecule has 4 heteroatoms. The first-order valence-corrected chi connectivity index (χ1v) is 10.3. The van der Waals surface area contributed by atoms with Crippen LogP contribution in [0.2, 0.25) is 0 Å². The summed E-state index contributed by atoms with van der Waals surface area (Å²) in [7, 11) is 0. The van der Waals surface area contributed by atoms with Gasteiger partial charge in [0.05, 0.1) is 6.04 Å². The van der Waals surface area contributed by atoms with E-state index in [0.29, 0.717) is 11.1 Å². The lowest BCUT2D eigenvalue weighted by Crippen LogP contribution is -2.56. The number of benzene rings is 2. The molecule has 2 aromatic rings. The second-order valence-corrected chi connectivity index (χ2v) is 8.98. The van der Waals surface area contributed by atoms with Gasteiger partial charge in [-0.15, -0.1) is 0 Å². The molecule has 29 heavy (non-hydrogen) atoms. The van der Waals surface area contributed by atoms with Gasteiger partial charge in [-0.1, -0.05) is 69.5 Å². The van der Waals surface area contributed by atoms with Crippen LogP contribution >= 0.6 is 0 Å². The molecule has 0 saturated heterocycles. The zero-order chi connectivity index (χ0) is 21.8. The maximum absolute atomic E-state index is 13.6. The number of nitrogens with zero attached hydrogens (tertiary/aromatic N) is 1. The van der Waals surface area contributed by atoms with Crippen molar-refractivity contribution in [3.63, 3.8) is 0 Å². The first kappa shape index (κ1) is 22.7. The fourth-order valence-corrected chi connectivity index (χ4v) is 3.73. The highest BCUT2D eigenvalue weighted by Gasteiger charge is 2.35. The van der Waals surface area contributed by atoms with Crippen molar-refractivity contribution in [2.24, 2.45) is 5.41 Å². The Labute approximate surface area is 175 Å². The molecule has 0 bridgehead atoms. The predicted octanol–water partition coefficient (Wildman–Crippen LogP) is 5.61. The zero-order valence-corrected chi connectivity index (χ0v) is 18.8. The second kappa shape index (κ2) is 9.25. The average Bonchev–Trinajstić information content (AvgIpc) is 2.62. The molecule has 4 nitrogen and oxygen atoms in total. The van der Waals surface area contributed by atoms with Crippen LogP contribution in [0.5, 0.6) is 0 Å². The summed E-state index contributed by atoms with van der Waals surface area (Å²) in [4.78, 5) is 26.7. The quantitative estimate of drug-likeness (QED) is 0.670. The van der Waals surface area contributed by atoms with Crippen LogP contribution in [0.15, 0.2) is 42.5 Å². The van der Waals surface area contributed by atoms with E-state index in [1.165, 1.54) is 0 Å². The molecule has 0 aliphatic heterocycles. The Morgan fingerprint density at radius 1 is 1.00 bits per heavy atom. The minimum Gasteiger partial charge on any atom is -0.267 e. The number of hydrogen-bond acceptors (Lipinski definition) is 2. The van der Waals surface area contributed by atoms with Crippen molar-refractivity contribution in [1.82, 2.24) is 10.4 Å². The van der Waals surface area contributed by atoms with E-state index in [1.807, 2.05) is 57.2 Å². The standard InChI is InChI=1S/C25H34N2O2/c1-8-11-22(25(5,6)7)27(24(29)20-15-17(2)14-18(3)16-20)26-23(28)21-13-10-9-12-19(21)4/h9-10,12-16,22H,8,11H2,1-7H3,(H,26,28)/t22-/m1/s1. The van der Waals surface area contributed by atoms with Gasteiger partial charge in [-0.05, 0) is 56.4 Å². The molecule has 156 valence electrons. The Hall–Kier alpha value is -2.62. The minimum absolute atomic E-state index is 0.131. The maximum atomic E-state index is 13.6. The van der Waals surface area contributed by atoms with Crippen LogP contribution in [-0.2, 0) is 0 Å². The Balaban J connectivity index is 2.48. The van der Waals surface area contributed by atoms with E-state index in [-0.39, 0.29) is 23.3 Å². The monoisotopic (exact) mass is 394 g/mol. The first-order valence-electron chi connectivity index (χ1n) is 10.3. The van der Waals surface area contributed by atoms with Crippen LogP contribution in [0, 0.1) is 26.2 Å². The Morgan fingerprint density at radius 3 is 2.10 bits per heavy atom. The van der Waals surface area contributed by atoms with Crippen LogP contribution in [0.1, 0.15) is 77.9 Å². The van der Waals surface area contributed by atoms with Gasteiger partial charge < -0.3 is 0 Å². The Kier molecular flexibility index (Phi) is 7.23. The number of amides is 2. The molecular formula is C25H34N2O2. The molecule has 0 unspecified atom stereocenters. The number of hydrazine groups is 1. The summed E-state index contributed by atoms with van der Waals surface area (Å²) in [6, 6.07) is 13.1. The van der Waals surface area contributed by atoms with E-state index >= 15 is 0 Å². The SMILES string of the molecule is CCC[C@@H](N(NC(=O)c1ccccc1C)C(=O)c1cc(C)cc(C)c1)C(C)(C)C. The van der Waals surface area contributed by atoms with Crippen molar-refractivity contribution in [3.05, 3.63) is 70.3 Å². The topological polar surface area (TPSA) is 49.4 Å². The summed E-state index contributed by atoms with van der Waals surface area (Å²) in [5, 5.41) is 1.56. The van der Waals surface area contributed by atoms with E-state index in [4.69, 9.17) is 0 Å². The molecule has 0 fully saturated rings. The molecule has 0 spiro atoms. The summed E-state index contributed by atoms with van der Waals surface area (Å²) in [6.07, 6.45) is 1.72. The van der Waals surface area contributed by atoms with E-state index < -0.39 is 0 Å². The van der Waals surface area contributed by atoms with E-state index in [9.17, 15) is 9.59 Å². The molecule has 0 aromatic heterocycles. The van der Waals surface area contributed by atoms with Gasteiger partial charge in [-0.2, -0.15) is 0 Å². The fourth-order valence-electron chi connectivity index (χ4n) is 3.73. The van der Waals surface area contributed by atoms with Crippen LogP contribution in [-0.4, -0.2) is 22.9 Å². The van der Waals surface area contributed by atoms with E-state index in [0.717, 1.165) is 29.5 Å². The summed E-state index contributed by atoms with van der Waals surface area (Å²) in [5.74, 6) is -0.432. The van der Waals surface area contributed by atoms with Crippen LogP contribution in [0.25, 0.3) is 0 Å². The van der Waals surface area contributed by atoms with Gasteiger partial charge in [0, 0.05) is 11.1 Å². The van der Waals surface area contributed by atoms with E-state index in [2.05, 4.69) is 33.1 Å². The number of aryl methyl sites for hydroxylation is 3. The van der Waals surface area contributed by atoms with Crippen molar-refractivity contribution >= 4 is 11.8 Å². The molecule has 0 aliphatic carbocycles. The number of carbonyl (C=O) groups is 2. The van der Waals surface area contributed by atoms with Crippen LogP contribution in [0.3, 0.4) is 0 Å². The highest BCUT2D eigenvalue weighted by molar-refractivity contribution is 6.00. The zero-order valence-electron chi connectivity index (χ0n) is 18.8. The van der Waals surface area contributed by atoms with Crippen molar-refractivity contribution in [2.45, 2.75) is 67.3 Å². The Morgan fingerprint density at radius 2 is 1.59 bits per heavy atom. The van der Waals surface area contributed by atoms with Gasteiger partial charge in [-0.3, -0.25) is 15.0 Å². The van der Waals surface area contributed by atoms with Gasteiger partial charge in [0.15, 0.2) is 0 Å². The van der Waals surface area contributed by atoms with Gasteiger partial charge in [0.25, 0.3) is 11.8 Å². The second-order valence-electron chi connectivity index (χ2n) is 8.98. The van der Waals surface area contributed by atoms with Gasteiger partial charge in [-0.25, -0.2) is 5.01 Å². The number of hydrogen-bond donors (Lipinski definition) is 1. The highest BCUT2D eigenvalue weighted by Crippen LogP contribution is 2.29. The predicted molar refractivity (Wildman–Crippen MR) is 119 cm³/mol. The normalized spacial score (nSPS) is 12.4. The molecule has 0 heterocycles. The average molecular weight is 395 g/mol. The third-order valence-electron chi connectivity index (χ3n) is 5.17. The van der Waals surface area contributed by atoms with Crippen molar-refractivity contribution in [3.8, 4) is 0 Å². The molecule has 0 aliphatic rings. The molecule has 2 aromatic carbocycles. The lowest BCUT2D eigenvalue weighted by molar-refractivity contribution is 0.0271. The third-order valence-corrected chi connectivity index (χ3v) is 5.17. The molecule has 1 atom stereocenters. The molecule has 2 rings (SSSR count). The highest BCUT2D eigenvalue weighted by atomic mass is 16.2. The Bertz CT molecular complexity index is 860. The molecule has 1 N–H and O–H groups in total. The van der Waals surface area contributed by atoms with Gasteiger partial charge >= 0.3 is 0 Å². The smallest absolute Gasteiger partial charge is 0.267 e. The lowest BCUT2D eigenvalue weighted by Gasteiger charge is -2.40. The van der Waals surface area contributed by atoms with Crippen molar-refractivity contribution in [2.75, 3.05) is 0 Å². The van der Waals surface area contributed by atoms with Crippen LogP contribution in [0.4, 0.5) is 0 Å². The van der Waals surface area contributed by atoms with Crippen molar-refractivity contribution in [1.29, 1.82) is 0 Å². The summed E-state index contributed by atoms with van der Waals surface area (Å²) in [5.41, 5.74) is 6.87. The third kappa shape index (κ3) is 5.69. The molecular weight excluding hydrogens is 360 g/mol. The number of rotatable bonds is 5. The van der Waals surface area contributed by atoms with Gasteiger partial charge in [0.1, 0.15) is 0 Å². The maximum Gasteiger partial charge on any atom is 0.272 e. The molecule has 2 amide bonds. The minimum atomic E-state index is -0.258. The largest absolute Gasteiger partial charge is 0.272 e. The van der Waals surface area contributed by atoms with Crippen LogP contribution < -0.4 is 5.43 Å². The summed E-state index contributed by atoms with van der Waals surface area (Å²) < 4.78 is 0. The van der Waals surface area contributed by atoms with Gasteiger partial charge in [0.2, 0.25) is 0 Å². The number of nitrogens with one attached hydrogen (secondary N) is 1. The lowest BCUT2D eigenvalue weighted by atomic mass is 9.83. The molecule has 0 radical (unpaired) electrons. The number of carbonyl (C=O) groups excluding carboxylic acids is 2. The van der Waals surface area contributed by atoms with E-state index in [1.54, 1.807) is 11.1 Å². The summed E-state index contributed by atoms with van der Waals surface area (Å²) in [6.45, 7) is 14.3. The fraction of sp³-hybridized carbons (Fsp3) is 0.440. The summed E-state index contributed by atoms with van der Waals surface area (Å²) >= 11 is 0. The first-order chi connectivity index (χ1) is 13.5.